The predicted molar refractivity (Wildman–Crippen MR) is 74.5 cm³/mol. The second-order valence-electron chi connectivity index (χ2n) is 4.69. The summed E-state index contributed by atoms with van der Waals surface area (Å²) in [6.07, 6.45) is 2.01. The second kappa shape index (κ2) is 6.32. The summed E-state index contributed by atoms with van der Waals surface area (Å²) in [5, 5.41) is 4.18. The van der Waals surface area contributed by atoms with Crippen LogP contribution in [0.3, 0.4) is 0 Å². The fourth-order valence-electron chi connectivity index (χ4n) is 2.02. The lowest BCUT2D eigenvalue weighted by atomic mass is 10.1. The Morgan fingerprint density at radius 2 is 2.00 bits per heavy atom. The summed E-state index contributed by atoms with van der Waals surface area (Å²) < 4.78 is 14.7. The fraction of sp³-hybridized carbons (Fsp3) is 0.333. The molecule has 2 rings (SSSR count). The average molecular weight is 275 g/mol. The highest BCUT2D eigenvalue weighted by molar-refractivity contribution is 5.78. The number of aryl methyl sites for hydroxylation is 1. The van der Waals surface area contributed by atoms with E-state index in [2.05, 4.69) is 5.10 Å². The number of hydrogen-bond acceptors (Lipinski definition) is 2. The molecule has 0 N–H and O–H groups in total. The van der Waals surface area contributed by atoms with Gasteiger partial charge in [0.25, 0.3) is 0 Å². The highest BCUT2D eigenvalue weighted by atomic mass is 19.1. The Labute approximate surface area is 117 Å². The van der Waals surface area contributed by atoms with Crippen LogP contribution in [-0.2, 0) is 24.3 Å². The lowest BCUT2D eigenvalue weighted by Crippen LogP contribution is -2.28. The quantitative estimate of drug-likeness (QED) is 0.839. The molecule has 0 saturated carbocycles. The molecule has 1 aromatic carbocycles. The highest BCUT2D eigenvalue weighted by Crippen LogP contribution is 2.08. The molecular formula is C15H18FN3O. The van der Waals surface area contributed by atoms with E-state index in [0.29, 0.717) is 6.54 Å². The molecule has 1 aromatic heterocycles. The van der Waals surface area contributed by atoms with Crippen molar-refractivity contribution in [2.45, 2.75) is 26.4 Å². The Kier molecular flexibility index (Phi) is 4.50. The van der Waals surface area contributed by atoms with Gasteiger partial charge >= 0.3 is 0 Å². The van der Waals surface area contributed by atoms with Crippen LogP contribution in [0.2, 0.25) is 0 Å². The van der Waals surface area contributed by atoms with Gasteiger partial charge in [-0.05, 0) is 30.7 Å². The Hall–Kier alpha value is -2.17. The van der Waals surface area contributed by atoms with Crippen molar-refractivity contribution in [3.8, 4) is 0 Å². The average Bonchev–Trinajstić information content (AvgIpc) is 2.88. The van der Waals surface area contributed by atoms with Gasteiger partial charge in [0.1, 0.15) is 5.82 Å². The van der Waals surface area contributed by atoms with E-state index in [4.69, 9.17) is 0 Å². The smallest absolute Gasteiger partial charge is 0.227 e. The molecule has 4 nitrogen and oxygen atoms in total. The summed E-state index contributed by atoms with van der Waals surface area (Å²) >= 11 is 0. The number of amides is 1. The molecule has 2 aromatic rings. The number of rotatable bonds is 5. The summed E-state index contributed by atoms with van der Waals surface area (Å²) in [4.78, 5) is 13.8. The van der Waals surface area contributed by atoms with E-state index >= 15 is 0 Å². The van der Waals surface area contributed by atoms with Crippen molar-refractivity contribution < 1.29 is 9.18 Å². The van der Waals surface area contributed by atoms with Gasteiger partial charge in [0.15, 0.2) is 0 Å². The normalized spacial score (nSPS) is 10.6. The van der Waals surface area contributed by atoms with Crippen molar-refractivity contribution >= 4 is 5.91 Å². The second-order valence-corrected chi connectivity index (χ2v) is 4.69. The van der Waals surface area contributed by atoms with Crippen LogP contribution >= 0.6 is 0 Å². The van der Waals surface area contributed by atoms with E-state index in [0.717, 1.165) is 17.8 Å². The van der Waals surface area contributed by atoms with Gasteiger partial charge in [-0.1, -0.05) is 12.1 Å². The molecule has 0 atom stereocenters. The maximum absolute atomic E-state index is 12.8. The third kappa shape index (κ3) is 3.44. The van der Waals surface area contributed by atoms with Crippen molar-refractivity contribution in [1.82, 2.24) is 14.7 Å². The predicted octanol–water partition coefficient (Wildman–Crippen LogP) is 2.24. The van der Waals surface area contributed by atoms with Crippen LogP contribution in [0.1, 0.15) is 18.2 Å². The zero-order valence-corrected chi connectivity index (χ0v) is 11.7. The van der Waals surface area contributed by atoms with Crippen LogP contribution in [0.5, 0.6) is 0 Å². The molecule has 0 saturated heterocycles. The summed E-state index contributed by atoms with van der Waals surface area (Å²) in [6, 6.07) is 7.92. The summed E-state index contributed by atoms with van der Waals surface area (Å²) in [5.41, 5.74) is 1.81. The third-order valence-corrected chi connectivity index (χ3v) is 3.20. The van der Waals surface area contributed by atoms with Gasteiger partial charge in [-0.25, -0.2) is 4.39 Å². The van der Waals surface area contributed by atoms with Gasteiger partial charge in [0.2, 0.25) is 5.91 Å². The van der Waals surface area contributed by atoms with Gasteiger partial charge in [-0.2, -0.15) is 5.10 Å². The van der Waals surface area contributed by atoms with Crippen molar-refractivity contribution in [1.29, 1.82) is 0 Å². The van der Waals surface area contributed by atoms with Crippen LogP contribution in [0.25, 0.3) is 0 Å². The first kappa shape index (κ1) is 14.2. The molecule has 1 amide bonds. The maximum Gasteiger partial charge on any atom is 0.227 e. The van der Waals surface area contributed by atoms with E-state index in [1.807, 2.05) is 17.7 Å². The van der Waals surface area contributed by atoms with Crippen molar-refractivity contribution in [3.63, 3.8) is 0 Å². The van der Waals surface area contributed by atoms with Crippen molar-refractivity contribution in [2.24, 2.45) is 0 Å². The summed E-state index contributed by atoms with van der Waals surface area (Å²) in [5.74, 6) is -0.290. The minimum Gasteiger partial charge on any atom is -0.340 e. The van der Waals surface area contributed by atoms with Gasteiger partial charge in [0.05, 0.1) is 18.7 Å². The van der Waals surface area contributed by atoms with Crippen LogP contribution in [0.4, 0.5) is 4.39 Å². The molecule has 0 aliphatic carbocycles. The van der Waals surface area contributed by atoms with E-state index < -0.39 is 0 Å². The van der Waals surface area contributed by atoms with Crippen LogP contribution in [0, 0.1) is 5.82 Å². The zero-order valence-electron chi connectivity index (χ0n) is 11.7. The van der Waals surface area contributed by atoms with E-state index in [1.54, 1.807) is 30.3 Å². The minimum absolute atomic E-state index is 0.000427. The topological polar surface area (TPSA) is 38.1 Å². The van der Waals surface area contributed by atoms with Crippen LogP contribution < -0.4 is 0 Å². The molecule has 20 heavy (non-hydrogen) atoms. The zero-order chi connectivity index (χ0) is 14.5. The fourth-order valence-corrected chi connectivity index (χ4v) is 2.02. The Bertz CT molecular complexity index is 577. The molecule has 0 fully saturated rings. The molecule has 0 aliphatic rings. The number of carbonyl (C=O) groups is 1. The number of nitrogens with zero attached hydrogens (tertiary/aromatic N) is 3. The summed E-state index contributed by atoms with van der Waals surface area (Å²) in [6.45, 7) is 3.31. The first-order valence-electron chi connectivity index (χ1n) is 6.59. The largest absolute Gasteiger partial charge is 0.340 e. The molecule has 0 spiro atoms. The first-order valence-corrected chi connectivity index (χ1v) is 6.59. The SMILES string of the molecule is CCn1nccc1CN(C)C(=O)Cc1ccc(F)cc1. The van der Waals surface area contributed by atoms with Crippen LogP contribution in [-0.4, -0.2) is 27.6 Å². The third-order valence-electron chi connectivity index (χ3n) is 3.20. The van der Waals surface area contributed by atoms with Crippen molar-refractivity contribution in [3.05, 3.63) is 53.6 Å². The Morgan fingerprint density at radius 1 is 1.30 bits per heavy atom. The number of benzene rings is 1. The van der Waals surface area contributed by atoms with Gasteiger partial charge in [0, 0.05) is 19.8 Å². The van der Waals surface area contributed by atoms with E-state index in [1.165, 1.54) is 12.1 Å². The van der Waals surface area contributed by atoms with Gasteiger partial charge in [-0.15, -0.1) is 0 Å². The lowest BCUT2D eigenvalue weighted by molar-refractivity contribution is -0.129. The molecule has 0 unspecified atom stereocenters. The number of aromatic nitrogens is 2. The first-order chi connectivity index (χ1) is 9.60. The highest BCUT2D eigenvalue weighted by Gasteiger charge is 2.12. The van der Waals surface area contributed by atoms with Gasteiger partial charge < -0.3 is 4.90 Å². The Balaban J connectivity index is 1.97. The number of halogens is 1. The molecule has 0 bridgehead atoms. The van der Waals surface area contributed by atoms with Gasteiger partial charge in [-0.3, -0.25) is 9.48 Å². The number of carbonyl (C=O) groups excluding carboxylic acids is 1. The molecule has 0 radical (unpaired) electrons. The maximum atomic E-state index is 12.8. The summed E-state index contributed by atoms with van der Waals surface area (Å²) in [7, 11) is 1.76. The molecule has 106 valence electrons. The molecule has 1 heterocycles. The molecule has 5 heteroatoms. The lowest BCUT2D eigenvalue weighted by Gasteiger charge is -2.17. The van der Waals surface area contributed by atoms with E-state index in [9.17, 15) is 9.18 Å². The molecule has 0 aliphatic heterocycles. The Morgan fingerprint density at radius 3 is 2.65 bits per heavy atom. The van der Waals surface area contributed by atoms with Crippen LogP contribution in [0.15, 0.2) is 36.5 Å². The number of hydrogen-bond donors (Lipinski definition) is 0. The number of likely N-dealkylation sites (N-methyl/N-ethyl adjacent to an activating group) is 1. The molecular weight excluding hydrogens is 257 g/mol. The van der Waals surface area contributed by atoms with Crippen molar-refractivity contribution in [2.75, 3.05) is 7.05 Å². The minimum atomic E-state index is -0.290. The van der Waals surface area contributed by atoms with E-state index in [-0.39, 0.29) is 18.1 Å². The standard InChI is InChI=1S/C15H18FN3O/c1-3-19-14(8-9-17-19)11-18(2)15(20)10-12-4-6-13(16)7-5-12/h4-9H,3,10-11H2,1-2H3. The monoisotopic (exact) mass is 275 g/mol.